The van der Waals surface area contributed by atoms with Crippen LogP contribution in [0.5, 0.6) is 0 Å². The molecule has 2 unspecified atom stereocenters. The minimum absolute atomic E-state index is 0.0966. The number of aliphatic hydroxyl groups excluding tert-OH is 1. The maximum atomic E-state index is 13.5. The Hall–Kier alpha value is -0.450. The molecular formula is C11H15BrFNO. The van der Waals surface area contributed by atoms with E-state index in [2.05, 4.69) is 15.9 Å². The lowest BCUT2D eigenvalue weighted by Crippen LogP contribution is -2.22. The molecule has 2 atom stereocenters. The molecule has 0 fully saturated rings. The molecule has 1 rings (SSSR count). The van der Waals surface area contributed by atoms with Gasteiger partial charge in [-0.25, -0.2) is 4.39 Å². The maximum absolute atomic E-state index is 13.5. The first-order valence-electron chi connectivity index (χ1n) is 4.93. The third kappa shape index (κ3) is 3.00. The van der Waals surface area contributed by atoms with Gasteiger partial charge in [0.25, 0.3) is 0 Å². The van der Waals surface area contributed by atoms with Crippen LogP contribution in [0.25, 0.3) is 0 Å². The van der Waals surface area contributed by atoms with Gasteiger partial charge >= 0.3 is 0 Å². The van der Waals surface area contributed by atoms with Gasteiger partial charge in [-0.3, -0.25) is 0 Å². The summed E-state index contributed by atoms with van der Waals surface area (Å²) in [7, 11) is 0. The second-order valence-electron chi connectivity index (χ2n) is 3.51. The van der Waals surface area contributed by atoms with E-state index in [-0.39, 0.29) is 5.92 Å². The first-order chi connectivity index (χ1) is 7.10. The van der Waals surface area contributed by atoms with Gasteiger partial charge in [0, 0.05) is 16.0 Å². The molecule has 0 bridgehead atoms. The van der Waals surface area contributed by atoms with E-state index in [1.165, 1.54) is 6.07 Å². The van der Waals surface area contributed by atoms with Crippen molar-refractivity contribution in [3.05, 3.63) is 34.1 Å². The van der Waals surface area contributed by atoms with E-state index in [9.17, 15) is 9.50 Å². The molecule has 15 heavy (non-hydrogen) atoms. The first-order valence-corrected chi connectivity index (χ1v) is 5.72. The number of nitrogens with two attached hydrogens (primary N) is 1. The van der Waals surface area contributed by atoms with Gasteiger partial charge < -0.3 is 10.8 Å². The summed E-state index contributed by atoms with van der Waals surface area (Å²) in [6.07, 6.45) is -0.0965. The summed E-state index contributed by atoms with van der Waals surface area (Å²) in [5.41, 5.74) is 5.83. The summed E-state index contributed by atoms with van der Waals surface area (Å²) in [6, 6.07) is 4.65. The Balaban J connectivity index is 2.94. The van der Waals surface area contributed by atoms with Crippen LogP contribution in [-0.4, -0.2) is 11.7 Å². The SMILES string of the molecule is CCC(CN)C(O)c1ccc(Br)cc1F. The lowest BCUT2D eigenvalue weighted by molar-refractivity contribution is 0.106. The number of aliphatic hydroxyl groups is 1. The van der Waals surface area contributed by atoms with Crippen molar-refractivity contribution in [2.24, 2.45) is 11.7 Å². The molecule has 0 aliphatic carbocycles. The van der Waals surface area contributed by atoms with E-state index in [1.807, 2.05) is 6.92 Å². The highest BCUT2D eigenvalue weighted by atomic mass is 79.9. The van der Waals surface area contributed by atoms with E-state index >= 15 is 0 Å². The minimum atomic E-state index is -0.826. The van der Waals surface area contributed by atoms with Crippen LogP contribution in [0.15, 0.2) is 22.7 Å². The molecule has 0 aromatic heterocycles. The van der Waals surface area contributed by atoms with Crippen LogP contribution in [0.3, 0.4) is 0 Å². The minimum Gasteiger partial charge on any atom is -0.388 e. The van der Waals surface area contributed by atoms with Gasteiger partial charge in [-0.2, -0.15) is 0 Å². The maximum Gasteiger partial charge on any atom is 0.130 e. The summed E-state index contributed by atoms with van der Waals surface area (Å²) in [4.78, 5) is 0. The number of hydrogen-bond acceptors (Lipinski definition) is 2. The monoisotopic (exact) mass is 275 g/mol. The van der Waals surface area contributed by atoms with Gasteiger partial charge in [-0.05, 0) is 25.1 Å². The van der Waals surface area contributed by atoms with E-state index in [0.29, 0.717) is 16.6 Å². The Morgan fingerprint density at radius 1 is 1.53 bits per heavy atom. The Bertz CT molecular complexity index is 328. The largest absolute Gasteiger partial charge is 0.388 e. The molecule has 0 saturated heterocycles. The van der Waals surface area contributed by atoms with Crippen LogP contribution >= 0.6 is 15.9 Å². The standard InChI is InChI=1S/C11H15BrFNO/c1-2-7(6-14)11(15)9-4-3-8(12)5-10(9)13/h3-5,7,11,15H,2,6,14H2,1H3. The number of halogens is 2. The van der Waals surface area contributed by atoms with Crippen molar-refractivity contribution in [2.75, 3.05) is 6.54 Å². The van der Waals surface area contributed by atoms with Crippen LogP contribution in [0.4, 0.5) is 4.39 Å². The molecular weight excluding hydrogens is 261 g/mol. The van der Waals surface area contributed by atoms with Gasteiger partial charge in [0.15, 0.2) is 0 Å². The molecule has 1 aromatic carbocycles. The molecule has 0 saturated carbocycles. The lowest BCUT2D eigenvalue weighted by Gasteiger charge is -2.20. The Morgan fingerprint density at radius 3 is 2.67 bits per heavy atom. The van der Waals surface area contributed by atoms with E-state index in [0.717, 1.165) is 6.42 Å². The average Bonchev–Trinajstić information content (AvgIpc) is 2.19. The molecule has 4 heteroatoms. The molecule has 1 aromatic rings. The van der Waals surface area contributed by atoms with Crippen molar-refractivity contribution >= 4 is 15.9 Å². The summed E-state index contributed by atoms with van der Waals surface area (Å²) in [5.74, 6) is -0.496. The first kappa shape index (κ1) is 12.6. The quantitative estimate of drug-likeness (QED) is 0.888. The fourth-order valence-electron chi connectivity index (χ4n) is 1.51. The molecule has 0 radical (unpaired) electrons. The number of benzene rings is 1. The van der Waals surface area contributed by atoms with Crippen LogP contribution in [0.1, 0.15) is 25.0 Å². The average molecular weight is 276 g/mol. The summed E-state index contributed by atoms with van der Waals surface area (Å²) >= 11 is 3.17. The van der Waals surface area contributed by atoms with Gasteiger partial charge in [-0.1, -0.05) is 28.9 Å². The zero-order chi connectivity index (χ0) is 11.4. The zero-order valence-corrected chi connectivity index (χ0v) is 10.2. The molecule has 0 aliphatic heterocycles. The summed E-state index contributed by atoms with van der Waals surface area (Å²) in [6.45, 7) is 2.28. The third-order valence-corrected chi connectivity index (χ3v) is 3.05. The second kappa shape index (κ2) is 5.58. The smallest absolute Gasteiger partial charge is 0.130 e. The highest BCUT2D eigenvalue weighted by Crippen LogP contribution is 2.27. The zero-order valence-electron chi connectivity index (χ0n) is 8.58. The Kier molecular flexibility index (Phi) is 4.70. The summed E-state index contributed by atoms with van der Waals surface area (Å²) in [5, 5.41) is 9.92. The highest BCUT2D eigenvalue weighted by molar-refractivity contribution is 9.10. The van der Waals surface area contributed by atoms with Crippen molar-refractivity contribution in [1.29, 1.82) is 0 Å². The third-order valence-electron chi connectivity index (χ3n) is 2.55. The van der Waals surface area contributed by atoms with Crippen LogP contribution in [-0.2, 0) is 0 Å². The Labute approximate surface area is 97.4 Å². The molecule has 3 N–H and O–H groups in total. The fourth-order valence-corrected chi connectivity index (χ4v) is 1.85. The molecule has 0 aliphatic rings. The van der Waals surface area contributed by atoms with Crippen LogP contribution in [0, 0.1) is 11.7 Å². The number of hydrogen-bond donors (Lipinski definition) is 2. The second-order valence-corrected chi connectivity index (χ2v) is 4.43. The van der Waals surface area contributed by atoms with E-state index < -0.39 is 11.9 Å². The van der Waals surface area contributed by atoms with Crippen LogP contribution in [0.2, 0.25) is 0 Å². The predicted octanol–water partition coefficient (Wildman–Crippen LogP) is 2.61. The molecule has 0 spiro atoms. The van der Waals surface area contributed by atoms with E-state index in [1.54, 1.807) is 12.1 Å². The van der Waals surface area contributed by atoms with Gasteiger partial charge in [0.2, 0.25) is 0 Å². The Morgan fingerprint density at radius 2 is 2.20 bits per heavy atom. The van der Waals surface area contributed by atoms with Crippen molar-refractivity contribution < 1.29 is 9.50 Å². The molecule has 0 heterocycles. The highest BCUT2D eigenvalue weighted by Gasteiger charge is 2.20. The molecule has 0 amide bonds. The van der Waals surface area contributed by atoms with E-state index in [4.69, 9.17) is 5.73 Å². The molecule has 2 nitrogen and oxygen atoms in total. The van der Waals surface area contributed by atoms with Gasteiger partial charge in [-0.15, -0.1) is 0 Å². The van der Waals surface area contributed by atoms with Gasteiger partial charge in [0.1, 0.15) is 5.82 Å². The van der Waals surface area contributed by atoms with Crippen molar-refractivity contribution in [2.45, 2.75) is 19.4 Å². The topological polar surface area (TPSA) is 46.2 Å². The van der Waals surface area contributed by atoms with Crippen molar-refractivity contribution in [3.8, 4) is 0 Å². The van der Waals surface area contributed by atoms with Gasteiger partial charge in [0.05, 0.1) is 6.10 Å². The van der Waals surface area contributed by atoms with Crippen molar-refractivity contribution in [3.63, 3.8) is 0 Å². The normalized spacial score (nSPS) is 15.0. The number of rotatable bonds is 4. The predicted molar refractivity (Wildman–Crippen MR) is 61.9 cm³/mol. The summed E-state index contributed by atoms with van der Waals surface area (Å²) < 4.78 is 14.2. The molecule has 84 valence electrons. The fraction of sp³-hybridized carbons (Fsp3) is 0.455. The van der Waals surface area contributed by atoms with Crippen molar-refractivity contribution in [1.82, 2.24) is 0 Å². The van der Waals surface area contributed by atoms with Crippen LogP contribution < -0.4 is 5.73 Å². The lowest BCUT2D eigenvalue weighted by atomic mass is 9.93.